The lowest BCUT2D eigenvalue weighted by molar-refractivity contribution is -0.123. The van der Waals surface area contributed by atoms with Crippen LogP contribution in [-0.2, 0) is 9.53 Å². The molecule has 0 aliphatic carbocycles. The first kappa shape index (κ1) is 18.9. The second-order valence-electron chi connectivity index (χ2n) is 7.92. The number of morpholine rings is 1. The van der Waals surface area contributed by atoms with Crippen LogP contribution < -0.4 is 5.32 Å². The molecule has 1 saturated heterocycles. The number of amides is 1. The van der Waals surface area contributed by atoms with Gasteiger partial charge in [0.1, 0.15) is 0 Å². The molecule has 2 heterocycles. The zero-order valence-electron chi connectivity index (χ0n) is 16.2. The van der Waals surface area contributed by atoms with E-state index in [1.807, 2.05) is 6.07 Å². The van der Waals surface area contributed by atoms with Gasteiger partial charge in [-0.1, -0.05) is 25.1 Å². The zero-order chi connectivity index (χ0) is 18.6. The van der Waals surface area contributed by atoms with Gasteiger partial charge in [0.05, 0.1) is 13.2 Å². The Morgan fingerprint density at radius 2 is 2.04 bits per heavy atom. The summed E-state index contributed by atoms with van der Waals surface area (Å²) in [5.74, 6) is 0.353. The Labute approximate surface area is 156 Å². The molecule has 1 atom stereocenters. The Morgan fingerprint density at radius 3 is 2.77 bits per heavy atom. The lowest BCUT2D eigenvalue weighted by Crippen LogP contribution is -2.53. The van der Waals surface area contributed by atoms with Crippen LogP contribution in [0.25, 0.3) is 10.9 Å². The third-order valence-electron chi connectivity index (χ3n) is 5.19. The molecule has 3 rings (SSSR count). The van der Waals surface area contributed by atoms with Gasteiger partial charge < -0.3 is 15.0 Å². The van der Waals surface area contributed by atoms with Crippen LogP contribution >= 0.6 is 0 Å². The van der Waals surface area contributed by atoms with E-state index in [4.69, 9.17) is 4.74 Å². The Kier molecular flexibility index (Phi) is 5.99. The molecule has 0 radical (unpaired) electrons. The fourth-order valence-electron chi connectivity index (χ4n) is 3.92. The third-order valence-corrected chi connectivity index (χ3v) is 5.19. The minimum absolute atomic E-state index is 0.125. The Morgan fingerprint density at radius 1 is 1.31 bits per heavy atom. The average Bonchev–Trinajstić information content (AvgIpc) is 3.03. The Hall–Kier alpha value is -1.85. The number of H-pyrrole nitrogens is 1. The van der Waals surface area contributed by atoms with Crippen molar-refractivity contribution in [2.45, 2.75) is 45.1 Å². The summed E-state index contributed by atoms with van der Waals surface area (Å²) in [4.78, 5) is 18.4. The second kappa shape index (κ2) is 8.23. The van der Waals surface area contributed by atoms with Crippen molar-refractivity contribution in [3.05, 3.63) is 36.0 Å². The number of aromatic nitrogens is 1. The molecule has 1 aliphatic rings. The largest absolute Gasteiger partial charge is 0.379 e. The van der Waals surface area contributed by atoms with Gasteiger partial charge in [0.15, 0.2) is 0 Å². The highest BCUT2D eigenvalue weighted by Gasteiger charge is 2.26. The van der Waals surface area contributed by atoms with Crippen molar-refractivity contribution >= 4 is 16.8 Å². The van der Waals surface area contributed by atoms with Crippen molar-refractivity contribution in [3.8, 4) is 0 Å². The van der Waals surface area contributed by atoms with Crippen molar-refractivity contribution in [1.29, 1.82) is 0 Å². The normalized spacial score (nSPS) is 17.3. The molecule has 1 aromatic carbocycles. The molecule has 5 heteroatoms. The molecular weight excluding hydrogens is 326 g/mol. The smallest absolute Gasteiger partial charge is 0.221 e. The molecule has 5 nitrogen and oxygen atoms in total. The van der Waals surface area contributed by atoms with Crippen LogP contribution in [0.5, 0.6) is 0 Å². The van der Waals surface area contributed by atoms with E-state index in [1.165, 1.54) is 10.9 Å². The van der Waals surface area contributed by atoms with Gasteiger partial charge in [-0.3, -0.25) is 9.69 Å². The minimum Gasteiger partial charge on any atom is -0.379 e. The summed E-state index contributed by atoms with van der Waals surface area (Å²) in [5.41, 5.74) is 2.13. The molecule has 26 heavy (non-hydrogen) atoms. The van der Waals surface area contributed by atoms with Crippen LogP contribution in [0.3, 0.4) is 0 Å². The highest BCUT2D eigenvalue weighted by atomic mass is 16.5. The molecule has 1 fully saturated rings. The predicted molar refractivity (Wildman–Crippen MR) is 105 cm³/mol. The van der Waals surface area contributed by atoms with Gasteiger partial charge in [0.2, 0.25) is 5.91 Å². The number of nitrogens with zero attached hydrogens (tertiary/aromatic N) is 1. The van der Waals surface area contributed by atoms with E-state index in [1.54, 1.807) is 0 Å². The maximum absolute atomic E-state index is 12.7. The minimum atomic E-state index is -0.243. The van der Waals surface area contributed by atoms with Gasteiger partial charge >= 0.3 is 0 Å². The molecule has 0 bridgehead atoms. The SMILES string of the molecule is CCC(CC(=O)NC(C)(C)CN1CCOCC1)c1c[nH]c2ccccc12. The van der Waals surface area contributed by atoms with E-state index in [0.717, 1.165) is 44.8 Å². The summed E-state index contributed by atoms with van der Waals surface area (Å²) in [5, 5.41) is 4.47. The highest BCUT2D eigenvalue weighted by molar-refractivity contribution is 5.85. The highest BCUT2D eigenvalue weighted by Crippen LogP contribution is 2.30. The van der Waals surface area contributed by atoms with Gasteiger partial charge in [0, 0.05) is 48.7 Å². The summed E-state index contributed by atoms with van der Waals surface area (Å²) >= 11 is 0. The number of nitrogens with one attached hydrogen (secondary N) is 2. The summed E-state index contributed by atoms with van der Waals surface area (Å²) in [6.45, 7) is 10.6. The number of rotatable bonds is 7. The summed E-state index contributed by atoms with van der Waals surface area (Å²) in [7, 11) is 0. The van der Waals surface area contributed by atoms with Crippen LogP contribution in [0, 0.1) is 0 Å². The quantitative estimate of drug-likeness (QED) is 0.799. The second-order valence-corrected chi connectivity index (χ2v) is 7.92. The maximum Gasteiger partial charge on any atom is 0.221 e. The maximum atomic E-state index is 12.7. The zero-order valence-corrected chi connectivity index (χ0v) is 16.2. The molecule has 1 aliphatic heterocycles. The van der Waals surface area contributed by atoms with E-state index in [-0.39, 0.29) is 17.4 Å². The van der Waals surface area contributed by atoms with E-state index >= 15 is 0 Å². The third kappa shape index (κ3) is 4.65. The molecule has 1 aromatic heterocycles. The fraction of sp³-hybridized carbons (Fsp3) is 0.571. The monoisotopic (exact) mass is 357 g/mol. The first-order valence-corrected chi connectivity index (χ1v) is 9.65. The van der Waals surface area contributed by atoms with Gasteiger partial charge in [-0.25, -0.2) is 0 Å². The number of fused-ring (bicyclic) bond motifs is 1. The number of carbonyl (C=O) groups excluding carboxylic acids is 1. The van der Waals surface area contributed by atoms with E-state index in [9.17, 15) is 4.79 Å². The van der Waals surface area contributed by atoms with Crippen molar-refractivity contribution < 1.29 is 9.53 Å². The van der Waals surface area contributed by atoms with Gasteiger partial charge in [-0.05, 0) is 37.8 Å². The lowest BCUT2D eigenvalue weighted by Gasteiger charge is -2.35. The number of aromatic amines is 1. The first-order chi connectivity index (χ1) is 12.5. The van der Waals surface area contributed by atoms with Crippen LogP contribution in [0.4, 0.5) is 0 Å². The van der Waals surface area contributed by atoms with Crippen molar-refractivity contribution in [2.24, 2.45) is 0 Å². The van der Waals surface area contributed by atoms with Crippen molar-refractivity contribution in [2.75, 3.05) is 32.8 Å². The summed E-state index contributed by atoms with van der Waals surface area (Å²) in [6.07, 6.45) is 3.52. The lowest BCUT2D eigenvalue weighted by atomic mass is 9.92. The number of para-hydroxylation sites is 1. The molecule has 2 N–H and O–H groups in total. The van der Waals surface area contributed by atoms with Gasteiger partial charge in [0.25, 0.3) is 0 Å². The summed E-state index contributed by atoms with van der Waals surface area (Å²) in [6, 6.07) is 8.30. The number of hydrogen-bond donors (Lipinski definition) is 2. The first-order valence-electron chi connectivity index (χ1n) is 9.65. The number of hydrogen-bond acceptors (Lipinski definition) is 3. The Bertz CT molecular complexity index is 732. The Balaban J connectivity index is 1.61. The van der Waals surface area contributed by atoms with Crippen molar-refractivity contribution in [3.63, 3.8) is 0 Å². The standard InChI is InChI=1S/C21H31N3O2/c1-4-16(18-14-22-19-8-6-5-7-17(18)19)13-20(25)23-21(2,3)15-24-9-11-26-12-10-24/h5-8,14,16,22H,4,9-13,15H2,1-3H3,(H,23,25). The van der Waals surface area contributed by atoms with Crippen LogP contribution in [0.15, 0.2) is 30.5 Å². The van der Waals surface area contributed by atoms with E-state index in [0.29, 0.717) is 6.42 Å². The average molecular weight is 357 g/mol. The molecule has 1 unspecified atom stereocenters. The van der Waals surface area contributed by atoms with Gasteiger partial charge in [-0.15, -0.1) is 0 Å². The summed E-state index contributed by atoms with van der Waals surface area (Å²) < 4.78 is 5.41. The topological polar surface area (TPSA) is 57.4 Å². The van der Waals surface area contributed by atoms with E-state index < -0.39 is 0 Å². The van der Waals surface area contributed by atoms with Gasteiger partial charge in [-0.2, -0.15) is 0 Å². The molecule has 0 spiro atoms. The number of ether oxygens (including phenoxy) is 1. The molecule has 1 amide bonds. The van der Waals surface area contributed by atoms with Crippen LogP contribution in [0.2, 0.25) is 0 Å². The molecule has 0 saturated carbocycles. The predicted octanol–water partition coefficient (Wildman–Crippen LogP) is 3.28. The van der Waals surface area contributed by atoms with Crippen molar-refractivity contribution in [1.82, 2.24) is 15.2 Å². The molecular formula is C21H31N3O2. The molecule has 142 valence electrons. The number of benzene rings is 1. The number of carbonyl (C=O) groups is 1. The molecule has 2 aromatic rings. The fourth-order valence-corrected chi connectivity index (χ4v) is 3.92. The van der Waals surface area contributed by atoms with Crippen LogP contribution in [-0.4, -0.2) is 54.2 Å². The van der Waals surface area contributed by atoms with Crippen LogP contribution in [0.1, 0.15) is 45.1 Å². The van der Waals surface area contributed by atoms with E-state index in [2.05, 4.69) is 60.4 Å².